The topological polar surface area (TPSA) is 90.4 Å². The van der Waals surface area contributed by atoms with Crippen LogP contribution in [0.4, 0.5) is 0 Å². The summed E-state index contributed by atoms with van der Waals surface area (Å²) >= 11 is 5.81. The molecule has 1 fully saturated rings. The summed E-state index contributed by atoms with van der Waals surface area (Å²) in [4.78, 5) is 8.40. The predicted octanol–water partition coefficient (Wildman–Crippen LogP) is 2.81. The molecule has 0 radical (unpaired) electrons. The summed E-state index contributed by atoms with van der Waals surface area (Å²) in [7, 11) is -2.04. The Kier molecular flexibility index (Phi) is 5.95. The zero-order chi connectivity index (χ0) is 18.6. The first-order valence-corrected chi connectivity index (χ1v) is 10.1. The van der Waals surface area contributed by atoms with E-state index in [0.29, 0.717) is 42.5 Å². The van der Waals surface area contributed by atoms with Crippen LogP contribution in [-0.4, -0.2) is 37.6 Å². The fourth-order valence-corrected chi connectivity index (χ4v) is 4.32. The van der Waals surface area contributed by atoms with Crippen molar-refractivity contribution in [1.29, 1.82) is 0 Å². The number of hydrogen-bond acceptors (Lipinski definition) is 6. The number of halogens is 1. The highest BCUT2D eigenvalue weighted by molar-refractivity contribution is 7.89. The minimum Gasteiger partial charge on any atom is -0.477 e. The van der Waals surface area contributed by atoms with Crippen molar-refractivity contribution < 1.29 is 17.9 Å². The number of nitrogens with one attached hydrogen (secondary N) is 1. The molecule has 1 saturated carbocycles. The molecule has 1 aliphatic carbocycles. The third-order valence-corrected chi connectivity index (χ3v) is 6.01. The summed E-state index contributed by atoms with van der Waals surface area (Å²) < 4.78 is 38.6. The van der Waals surface area contributed by atoms with Gasteiger partial charge in [0.25, 0.3) is 11.8 Å². The largest absolute Gasteiger partial charge is 0.477 e. The van der Waals surface area contributed by atoms with E-state index in [1.165, 1.54) is 25.4 Å². The zero-order valence-electron chi connectivity index (χ0n) is 14.3. The van der Waals surface area contributed by atoms with Crippen molar-refractivity contribution in [3.63, 3.8) is 0 Å². The quantitative estimate of drug-likeness (QED) is 0.806. The van der Waals surface area contributed by atoms with Crippen LogP contribution < -0.4 is 14.2 Å². The van der Waals surface area contributed by atoms with E-state index < -0.39 is 10.0 Å². The van der Waals surface area contributed by atoms with E-state index in [1.54, 1.807) is 18.3 Å². The van der Waals surface area contributed by atoms with Gasteiger partial charge in [-0.3, -0.25) is 0 Å². The van der Waals surface area contributed by atoms with Gasteiger partial charge in [0.15, 0.2) is 0 Å². The molecule has 7 nitrogen and oxygen atoms in total. The second-order valence-electron chi connectivity index (χ2n) is 6.04. The monoisotopic (exact) mass is 397 g/mol. The van der Waals surface area contributed by atoms with Gasteiger partial charge in [-0.15, -0.1) is 0 Å². The lowest BCUT2D eigenvalue weighted by atomic mass is 9.94. The molecule has 1 aliphatic rings. The molecular formula is C17H20ClN3O4S. The molecule has 1 aromatic carbocycles. The Morgan fingerprint density at radius 2 is 1.65 bits per heavy atom. The lowest BCUT2D eigenvalue weighted by Gasteiger charge is -2.29. The maximum absolute atomic E-state index is 12.4. The Hall–Kier alpha value is -1.90. The van der Waals surface area contributed by atoms with Gasteiger partial charge in [-0.05, 0) is 49.9 Å². The van der Waals surface area contributed by atoms with Crippen molar-refractivity contribution in [2.24, 2.45) is 0 Å². The van der Waals surface area contributed by atoms with Crippen LogP contribution in [0.5, 0.6) is 11.8 Å². The van der Waals surface area contributed by atoms with Crippen molar-refractivity contribution in [2.45, 2.75) is 42.7 Å². The minimum absolute atomic E-state index is 0.0446. The number of ether oxygens (including phenoxy) is 2. The molecule has 2 aromatic rings. The molecule has 1 heterocycles. The van der Waals surface area contributed by atoms with Gasteiger partial charge in [0.05, 0.1) is 12.0 Å². The van der Waals surface area contributed by atoms with Gasteiger partial charge in [-0.2, -0.15) is 0 Å². The first-order valence-electron chi connectivity index (χ1n) is 8.27. The van der Waals surface area contributed by atoms with Crippen molar-refractivity contribution >= 4 is 21.6 Å². The molecular weight excluding hydrogens is 378 g/mol. The summed E-state index contributed by atoms with van der Waals surface area (Å²) in [6.45, 7) is 0. The molecule has 3 rings (SSSR count). The highest BCUT2D eigenvalue weighted by atomic mass is 35.5. The van der Waals surface area contributed by atoms with E-state index in [9.17, 15) is 8.42 Å². The molecule has 0 bridgehead atoms. The fourth-order valence-electron chi connectivity index (χ4n) is 2.89. The molecule has 0 unspecified atom stereocenters. The molecule has 9 heteroatoms. The van der Waals surface area contributed by atoms with Crippen molar-refractivity contribution in [2.75, 3.05) is 7.11 Å². The molecule has 0 aliphatic heterocycles. The average molecular weight is 398 g/mol. The summed E-state index contributed by atoms with van der Waals surface area (Å²) in [5.41, 5.74) is 0. The fraction of sp³-hybridized carbons (Fsp3) is 0.412. The SMILES string of the molecule is COc1nccnc1OC1CCC(NS(=O)(=O)c2ccc(Cl)cc2)CC1. The van der Waals surface area contributed by atoms with Gasteiger partial charge in [0, 0.05) is 23.5 Å². The van der Waals surface area contributed by atoms with E-state index in [1.807, 2.05) is 0 Å². The van der Waals surface area contributed by atoms with E-state index in [0.717, 1.165) is 0 Å². The van der Waals surface area contributed by atoms with Crippen LogP contribution >= 0.6 is 11.6 Å². The third kappa shape index (κ3) is 4.63. The Bertz CT molecular complexity index is 837. The Labute approximate surface area is 157 Å². The molecule has 26 heavy (non-hydrogen) atoms. The highest BCUT2D eigenvalue weighted by Gasteiger charge is 2.27. The smallest absolute Gasteiger partial charge is 0.278 e. The van der Waals surface area contributed by atoms with Gasteiger partial charge in [0.1, 0.15) is 6.10 Å². The second-order valence-corrected chi connectivity index (χ2v) is 8.19. The van der Waals surface area contributed by atoms with E-state index in [2.05, 4.69) is 14.7 Å². The molecule has 0 atom stereocenters. The number of aromatic nitrogens is 2. The number of rotatable bonds is 6. The summed E-state index contributed by atoms with van der Waals surface area (Å²) in [5, 5.41) is 0.501. The third-order valence-electron chi connectivity index (χ3n) is 4.22. The first kappa shape index (κ1) is 18.9. The first-order chi connectivity index (χ1) is 12.5. The van der Waals surface area contributed by atoms with Crippen molar-refractivity contribution in [3.8, 4) is 11.8 Å². The number of sulfonamides is 1. The average Bonchev–Trinajstić information content (AvgIpc) is 2.64. The Morgan fingerprint density at radius 3 is 2.27 bits per heavy atom. The molecule has 0 saturated heterocycles. The molecule has 140 valence electrons. The number of benzene rings is 1. The molecule has 0 amide bonds. The Morgan fingerprint density at radius 1 is 1.04 bits per heavy atom. The number of nitrogens with zero attached hydrogens (tertiary/aromatic N) is 2. The van der Waals surface area contributed by atoms with E-state index in [-0.39, 0.29) is 17.0 Å². The molecule has 1 N–H and O–H groups in total. The van der Waals surface area contributed by atoms with Crippen LogP contribution in [0.3, 0.4) is 0 Å². The summed E-state index contributed by atoms with van der Waals surface area (Å²) in [6.07, 6.45) is 5.83. The lowest BCUT2D eigenvalue weighted by Crippen LogP contribution is -2.39. The van der Waals surface area contributed by atoms with Crippen molar-refractivity contribution in [3.05, 3.63) is 41.7 Å². The van der Waals surface area contributed by atoms with Crippen LogP contribution in [0.25, 0.3) is 0 Å². The minimum atomic E-state index is -3.56. The standard InChI is InChI=1S/C17H20ClN3O4S/c1-24-16-17(20-11-10-19-16)25-14-6-4-13(5-7-14)21-26(22,23)15-8-2-12(18)3-9-15/h2-3,8-11,13-14,21H,4-7H2,1H3. The van der Waals surface area contributed by atoms with Crippen LogP contribution in [0.2, 0.25) is 5.02 Å². The Balaban J connectivity index is 1.56. The van der Waals surface area contributed by atoms with Gasteiger partial charge in [-0.25, -0.2) is 23.1 Å². The summed E-state index contributed by atoms with van der Waals surface area (Å²) in [6, 6.07) is 6.00. The maximum atomic E-state index is 12.4. The van der Waals surface area contributed by atoms with Gasteiger partial charge in [-0.1, -0.05) is 11.6 Å². The van der Waals surface area contributed by atoms with Gasteiger partial charge < -0.3 is 9.47 Å². The van der Waals surface area contributed by atoms with Crippen LogP contribution in [0, 0.1) is 0 Å². The second kappa shape index (κ2) is 8.20. The highest BCUT2D eigenvalue weighted by Crippen LogP contribution is 2.27. The molecule has 0 spiro atoms. The predicted molar refractivity (Wildman–Crippen MR) is 97.0 cm³/mol. The zero-order valence-corrected chi connectivity index (χ0v) is 15.8. The lowest BCUT2D eigenvalue weighted by molar-refractivity contribution is 0.132. The normalized spacial score (nSPS) is 20.5. The van der Waals surface area contributed by atoms with Crippen LogP contribution in [-0.2, 0) is 10.0 Å². The van der Waals surface area contributed by atoms with E-state index >= 15 is 0 Å². The van der Waals surface area contributed by atoms with Crippen molar-refractivity contribution in [1.82, 2.24) is 14.7 Å². The number of hydrogen-bond donors (Lipinski definition) is 1. The van der Waals surface area contributed by atoms with E-state index in [4.69, 9.17) is 21.1 Å². The number of methoxy groups -OCH3 is 1. The van der Waals surface area contributed by atoms with Crippen LogP contribution in [0.15, 0.2) is 41.6 Å². The molecule has 1 aromatic heterocycles. The van der Waals surface area contributed by atoms with Gasteiger partial charge >= 0.3 is 0 Å². The van der Waals surface area contributed by atoms with Gasteiger partial charge in [0.2, 0.25) is 10.0 Å². The summed E-state index contributed by atoms with van der Waals surface area (Å²) in [5.74, 6) is 0.707. The maximum Gasteiger partial charge on any atom is 0.278 e. The van der Waals surface area contributed by atoms with Crippen LogP contribution in [0.1, 0.15) is 25.7 Å².